The van der Waals surface area contributed by atoms with E-state index in [9.17, 15) is 5.11 Å². The first kappa shape index (κ1) is 12.1. The minimum Gasteiger partial charge on any atom is -0.389 e. The van der Waals surface area contributed by atoms with E-state index in [2.05, 4.69) is 14.9 Å². The van der Waals surface area contributed by atoms with Gasteiger partial charge in [0.15, 0.2) is 0 Å². The van der Waals surface area contributed by atoms with E-state index in [0.717, 1.165) is 30.0 Å². The van der Waals surface area contributed by atoms with Crippen molar-refractivity contribution in [1.29, 1.82) is 0 Å². The van der Waals surface area contributed by atoms with Crippen LogP contribution in [0.4, 0.5) is 0 Å². The summed E-state index contributed by atoms with van der Waals surface area (Å²) in [5, 5.41) is 9.43. The predicted octanol–water partition coefficient (Wildman–Crippen LogP) is 0.942. The Kier molecular flexibility index (Phi) is 4.17. The number of nitrogens with zero attached hydrogens (tertiary/aromatic N) is 3. The molecule has 4 heteroatoms. The molecule has 1 heterocycles. The number of likely N-dealkylation sites (N-methyl/N-ethyl adjacent to an activating group) is 1. The molecule has 0 radical (unpaired) electrons. The van der Waals surface area contributed by atoms with Gasteiger partial charge in [0.1, 0.15) is 5.82 Å². The summed E-state index contributed by atoms with van der Waals surface area (Å²) in [5.74, 6) is 0.839. The fraction of sp³-hybridized carbons (Fsp3) is 0.636. The van der Waals surface area contributed by atoms with E-state index >= 15 is 0 Å². The van der Waals surface area contributed by atoms with Gasteiger partial charge in [0, 0.05) is 30.4 Å². The van der Waals surface area contributed by atoms with Crippen LogP contribution in [0.2, 0.25) is 0 Å². The molecule has 0 amide bonds. The largest absolute Gasteiger partial charge is 0.389 e. The zero-order valence-electron chi connectivity index (χ0n) is 9.86. The Morgan fingerprint density at radius 2 is 2.13 bits per heavy atom. The molecule has 0 bridgehead atoms. The first-order valence-corrected chi connectivity index (χ1v) is 5.16. The minimum atomic E-state index is -0.493. The third kappa shape index (κ3) is 3.57. The van der Waals surface area contributed by atoms with Crippen molar-refractivity contribution in [3.8, 4) is 0 Å². The average molecular weight is 209 g/mol. The van der Waals surface area contributed by atoms with Gasteiger partial charge >= 0.3 is 0 Å². The molecule has 1 atom stereocenters. The Morgan fingerprint density at radius 3 is 2.60 bits per heavy atom. The van der Waals surface area contributed by atoms with Crippen molar-refractivity contribution in [2.45, 2.75) is 26.4 Å². The summed E-state index contributed by atoms with van der Waals surface area (Å²) in [6, 6.07) is 0. The second kappa shape index (κ2) is 5.19. The van der Waals surface area contributed by atoms with E-state index in [4.69, 9.17) is 0 Å². The quantitative estimate of drug-likeness (QED) is 0.802. The molecule has 0 unspecified atom stereocenters. The number of aryl methyl sites for hydroxylation is 1. The maximum absolute atomic E-state index is 9.43. The van der Waals surface area contributed by atoms with Crippen molar-refractivity contribution in [1.82, 2.24) is 14.9 Å². The van der Waals surface area contributed by atoms with Crippen LogP contribution in [0.1, 0.15) is 30.1 Å². The summed E-state index contributed by atoms with van der Waals surface area (Å²) in [5.41, 5.74) is 1.68. The highest BCUT2D eigenvalue weighted by Crippen LogP contribution is 2.13. The SMILES string of the molecule is Cc1nc(CCN(C)C)ncc1[C@@H](C)O. The molecule has 0 spiro atoms. The van der Waals surface area contributed by atoms with Crippen molar-refractivity contribution in [3.63, 3.8) is 0 Å². The number of aliphatic hydroxyl groups is 1. The van der Waals surface area contributed by atoms with Crippen molar-refractivity contribution >= 4 is 0 Å². The molecule has 1 N–H and O–H groups in total. The standard InChI is InChI=1S/C11H19N3O/c1-8-10(9(2)15)7-12-11(13-8)5-6-14(3)4/h7,9,15H,5-6H2,1-4H3/t9-/m1/s1. The fourth-order valence-electron chi connectivity index (χ4n) is 1.38. The van der Waals surface area contributed by atoms with Crippen LogP contribution in [0.3, 0.4) is 0 Å². The van der Waals surface area contributed by atoms with Gasteiger partial charge in [-0.25, -0.2) is 9.97 Å². The lowest BCUT2D eigenvalue weighted by Crippen LogP contribution is -2.17. The molecule has 84 valence electrons. The summed E-state index contributed by atoms with van der Waals surface area (Å²) < 4.78 is 0. The highest BCUT2D eigenvalue weighted by Gasteiger charge is 2.07. The Morgan fingerprint density at radius 1 is 1.47 bits per heavy atom. The molecular weight excluding hydrogens is 190 g/mol. The molecule has 4 nitrogen and oxygen atoms in total. The van der Waals surface area contributed by atoms with E-state index in [1.165, 1.54) is 0 Å². The van der Waals surface area contributed by atoms with Crippen LogP contribution in [0.15, 0.2) is 6.20 Å². The molecule has 0 aromatic carbocycles. The molecule has 0 aliphatic rings. The number of hydrogen-bond acceptors (Lipinski definition) is 4. The monoisotopic (exact) mass is 209 g/mol. The van der Waals surface area contributed by atoms with Crippen molar-refractivity contribution in [3.05, 3.63) is 23.3 Å². The zero-order chi connectivity index (χ0) is 11.4. The van der Waals surface area contributed by atoms with E-state index < -0.39 is 6.10 Å². The van der Waals surface area contributed by atoms with Gasteiger partial charge < -0.3 is 10.0 Å². The molecule has 0 aliphatic heterocycles. The van der Waals surface area contributed by atoms with Gasteiger partial charge in [-0.15, -0.1) is 0 Å². The molecule has 0 saturated carbocycles. The Hall–Kier alpha value is -1.00. The average Bonchev–Trinajstić information content (AvgIpc) is 2.14. The van der Waals surface area contributed by atoms with E-state index in [1.807, 2.05) is 21.0 Å². The minimum absolute atomic E-state index is 0.493. The van der Waals surface area contributed by atoms with Crippen molar-refractivity contribution in [2.24, 2.45) is 0 Å². The second-order valence-corrected chi connectivity index (χ2v) is 4.06. The van der Waals surface area contributed by atoms with Crippen LogP contribution in [0.25, 0.3) is 0 Å². The number of hydrogen-bond donors (Lipinski definition) is 1. The van der Waals surface area contributed by atoms with E-state index in [1.54, 1.807) is 13.1 Å². The van der Waals surface area contributed by atoms with Gasteiger partial charge in [0.05, 0.1) is 6.10 Å². The maximum atomic E-state index is 9.43. The highest BCUT2D eigenvalue weighted by molar-refractivity contribution is 5.18. The molecule has 0 aliphatic carbocycles. The number of aliphatic hydroxyl groups excluding tert-OH is 1. The number of aromatic nitrogens is 2. The van der Waals surface area contributed by atoms with Crippen molar-refractivity contribution < 1.29 is 5.11 Å². The van der Waals surface area contributed by atoms with E-state index in [-0.39, 0.29) is 0 Å². The molecule has 1 aromatic heterocycles. The third-order valence-corrected chi connectivity index (χ3v) is 2.30. The molecule has 1 aromatic rings. The molecule has 0 fully saturated rings. The maximum Gasteiger partial charge on any atom is 0.129 e. The van der Waals surface area contributed by atoms with Crippen LogP contribution in [0, 0.1) is 6.92 Å². The van der Waals surface area contributed by atoms with Gasteiger partial charge in [-0.3, -0.25) is 0 Å². The summed E-state index contributed by atoms with van der Waals surface area (Å²) in [6.07, 6.45) is 2.07. The third-order valence-electron chi connectivity index (χ3n) is 2.30. The number of rotatable bonds is 4. The van der Waals surface area contributed by atoms with Gasteiger partial charge in [0.25, 0.3) is 0 Å². The van der Waals surface area contributed by atoms with Gasteiger partial charge in [-0.1, -0.05) is 0 Å². The molecule has 15 heavy (non-hydrogen) atoms. The molecule has 0 saturated heterocycles. The van der Waals surface area contributed by atoms with Gasteiger partial charge in [0.2, 0.25) is 0 Å². The lowest BCUT2D eigenvalue weighted by Gasteiger charge is -2.11. The first-order chi connectivity index (χ1) is 7.00. The summed E-state index contributed by atoms with van der Waals surface area (Å²) in [6.45, 7) is 4.57. The smallest absolute Gasteiger partial charge is 0.129 e. The Bertz CT molecular complexity index is 324. The summed E-state index contributed by atoms with van der Waals surface area (Å²) in [4.78, 5) is 10.7. The predicted molar refractivity (Wildman–Crippen MR) is 59.7 cm³/mol. The molecule has 1 rings (SSSR count). The van der Waals surface area contributed by atoms with Gasteiger partial charge in [-0.05, 0) is 27.9 Å². The summed E-state index contributed by atoms with van der Waals surface area (Å²) >= 11 is 0. The Labute approximate surface area is 91.0 Å². The molecular formula is C11H19N3O. The van der Waals surface area contributed by atoms with Crippen LogP contribution < -0.4 is 0 Å². The van der Waals surface area contributed by atoms with Gasteiger partial charge in [-0.2, -0.15) is 0 Å². The Balaban J connectivity index is 2.73. The van der Waals surface area contributed by atoms with Crippen LogP contribution >= 0.6 is 0 Å². The lowest BCUT2D eigenvalue weighted by molar-refractivity contribution is 0.197. The first-order valence-electron chi connectivity index (χ1n) is 5.16. The zero-order valence-corrected chi connectivity index (χ0v) is 9.86. The van der Waals surface area contributed by atoms with Crippen LogP contribution in [-0.4, -0.2) is 40.6 Å². The van der Waals surface area contributed by atoms with Crippen molar-refractivity contribution in [2.75, 3.05) is 20.6 Å². The topological polar surface area (TPSA) is 49.2 Å². The highest BCUT2D eigenvalue weighted by atomic mass is 16.3. The van der Waals surface area contributed by atoms with Crippen LogP contribution in [0.5, 0.6) is 0 Å². The normalized spacial score (nSPS) is 13.2. The summed E-state index contributed by atoms with van der Waals surface area (Å²) in [7, 11) is 4.05. The fourth-order valence-corrected chi connectivity index (χ4v) is 1.38. The second-order valence-electron chi connectivity index (χ2n) is 4.06. The van der Waals surface area contributed by atoms with E-state index in [0.29, 0.717) is 0 Å². The van der Waals surface area contributed by atoms with Crippen LogP contribution in [-0.2, 0) is 6.42 Å². The lowest BCUT2D eigenvalue weighted by atomic mass is 10.1.